The molecule has 4 heteroatoms. The van der Waals surface area contributed by atoms with E-state index in [0.29, 0.717) is 12.8 Å². The zero-order valence-electron chi connectivity index (χ0n) is 8.95. The van der Waals surface area contributed by atoms with Gasteiger partial charge >= 0.3 is 0 Å². The quantitative estimate of drug-likeness (QED) is 0.531. The van der Waals surface area contributed by atoms with E-state index in [-0.39, 0.29) is 11.8 Å². The van der Waals surface area contributed by atoms with Gasteiger partial charge in [0.15, 0.2) is 0 Å². The van der Waals surface area contributed by atoms with Crippen molar-refractivity contribution in [3.05, 3.63) is 0 Å². The molecular weight excluding hydrogens is 180 g/mol. The number of likely N-dealkylation sites (tertiary alicyclic amines) is 2. The van der Waals surface area contributed by atoms with Crippen molar-refractivity contribution < 1.29 is 9.59 Å². The first-order chi connectivity index (χ1) is 6.61. The van der Waals surface area contributed by atoms with Crippen LogP contribution in [0.25, 0.3) is 0 Å². The van der Waals surface area contributed by atoms with Gasteiger partial charge in [-0.15, -0.1) is 0 Å². The Morgan fingerprint density at radius 3 is 1.50 bits per heavy atom. The summed E-state index contributed by atoms with van der Waals surface area (Å²) in [6.45, 7) is 2.64. The Bertz CT molecular complexity index is 206. The van der Waals surface area contributed by atoms with Crippen molar-refractivity contribution in [2.24, 2.45) is 0 Å². The fourth-order valence-corrected chi connectivity index (χ4v) is 1.56. The lowest BCUT2D eigenvalue weighted by atomic mass is 10.4. The maximum atomic E-state index is 10.5. The SMILES string of the molecule is CN1C(=O)CCC1=O.CN1CCCC1. The molecule has 2 aliphatic rings. The van der Waals surface area contributed by atoms with E-state index >= 15 is 0 Å². The van der Waals surface area contributed by atoms with Crippen molar-refractivity contribution in [3.63, 3.8) is 0 Å². The number of hydrogen-bond donors (Lipinski definition) is 0. The molecule has 0 N–H and O–H groups in total. The van der Waals surface area contributed by atoms with Crippen LogP contribution in [-0.2, 0) is 9.59 Å². The minimum atomic E-state index is -0.0602. The molecule has 2 rings (SSSR count). The number of amides is 2. The van der Waals surface area contributed by atoms with Gasteiger partial charge < -0.3 is 4.90 Å². The van der Waals surface area contributed by atoms with Gasteiger partial charge in [0.2, 0.25) is 11.8 Å². The zero-order valence-corrected chi connectivity index (χ0v) is 8.95. The van der Waals surface area contributed by atoms with Crippen LogP contribution in [-0.4, -0.2) is 48.8 Å². The molecule has 2 aliphatic heterocycles. The lowest BCUT2D eigenvalue weighted by Crippen LogP contribution is -2.23. The average Bonchev–Trinajstić information content (AvgIpc) is 2.73. The lowest BCUT2D eigenvalue weighted by Gasteiger charge is -2.01. The third kappa shape index (κ3) is 3.10. The molecule has 2 heterocycles. The first-order valence-electron chi connectivity index (χ1n) is 5.09. The minimum Gasteiger partial charge on any atom is -0.306 e. The van der Waals surface area contributed by atoms with Crippen molar-refractivity contribution in [1.82, 2.24) is 9.80 Å². The summed E-state index contributed by atoms with van der Waals surface area (Å²) in [5, 5.41) is 0. The number of rotatable bonds is 0. The van der Waals surface area contributed by atoms with Crippen LogP contribution in [0.2, 0.25) is 0 Å². The molecular formula is C10H18N2O2. The van der Waals surface area contributed by atoms with E-state index < -0.39 is 0 Å². The third-order valence-corrected chi connectivity index (χ3v) is 2.63. The van der Waals surface area contributed by atoms with Crippen molar-refractivity contribution in [2.45, 2.75) is 25.7 Å². The second-order valence-corrected chi connectivity index (χ2v) is 3.86. The normalized spacial score (nSPS) is 22.6. The van der Waals surface area contributed by atoms with E-state index in [1.54, 1.807) is 0 Å². The fraction of sp³-hybridized carbons (Fsp3) is 0.800. The van der Waals surface area contributed by atoms with E-state index in [2.05, 4.69) is 11.9 Å². The van der Waals surface area contributed by atoms with Gasteiger partial charge in [0.25, 0.3) is 0 Å². The van der Waals surface area contributed by atoms with Crippen LogP contribution >= 0.6 is 0 Å². The smallest absolute Gasteiger partial charge is 0.229 e. The Kier molecular flexibility index (Phi) is 4.07. The molecule has 2 amide bonds. The Morgan fingerprint density at radius 1 is 0.929 bits per heavy atom. The van der Waals surface area contributed by atoms with Crippen LogP contribution < -0.4 is 0 Å². The summed E-state index contributed by atoms with van der Waals surface area (Å²) >= 11 is 0. The molecule has 0 aromatic carbocycles. The number of imide groups is 1. The highest BCUT2D eigenvalue weighted by Gasteiger charge is 2.24. The molecule has 0 aromatic heterocycles. The number of carbonyl (C=O) groups is 2. The topological polar surface area (TPSA) is 40.6 Å². The van der Waals surface area contributed by atoms with E-state index in [1.807, 2.05) is 0 Å². The molecule has 0 atom stereocenters. The van der Waals surface area contributed by atoms with Crippen LogP contribution in [0.4, 0.5) is 0 Å². The van der Waals surface area contributed by atoms with Gasteiger partial charge in [-0.2, -0.15) is 0 Å². The zero-order chi connectivity index (χ0) is 10.6. The van der Waals surface area contributed by atoms with Gasteiger partial charge in [-0.25, -0.2) is 0 Å². The van der Waals surface area contributed by atoms with Gasteiger partial charge in [-0.1, -0.05) is 0 Å². The maximum absolute atomic E-state index is 10.5. The van der Waals surface area contributed by atoms with Crippen LogP contribution in [0.15, 0.2) is 0 Å². The van der Waals surface area contributed by atoms with Crippen molar-refractivity contribution in [2.75, 3.05) is 27.2 Å². The summed E-state index contributed by atoms with van der Waals surface area (Å²) in [6.07, 6.45) is 3.62. The first kappa shape index (κ1) is 11.2. The van der Waals surface area contributed by atoms with Gasteiger partial charge in [0, 0.05) is 19.9 Å². The molecule has 80 valence electrons. The summed E-state index contributed by atoms with van der Waals surface area (Å²) in [5.74, 6) is -0.120. The average molecular weight is 198 g/mol. The third-order valence-electron chi connectivity index (χ3n) is 2.63. The summed E-state index contributed by atoms with van der Waals surface area (Å²) < 4.78 is 0. The second-order valence-electron chi connectivity index (χ2n) is 3.86. The fourth-order valence-electron chi connectivity index (χ4n) is 1.56. The molecule has 2 fully saturated rings. The first-order valence-corrected chi connectivity index (χ1v) is 5.09. The molecule has 0 radical (unpaired) electrons. The minimum absolute atomic E-state index is 0.0602. The summed E-state index contributed by atoms with van der Waals surface area (Å²) in [6, 6.07) is 0. The molecule has 0 saturated carbocycles. The summed E-state index contributed by atoms with van der Waals surface area (Å²) in [4.78, 5) is 24.5. The van der Waals surface area contributed by atoms with E-state index in [1.165, 1.54) is 37.9 Å². The van der Waals surface area contributed by atoms with Crippen LogP contribution in [0, 0.1) is 0 Å². The van der Waals surface area contributed by atoms with Crippen molar-refractivity contribution in [1.29, 1.82) is 0 Å². The molecule has 14 heavy (non-hydrogen) atoms. The molecule has 0 aliphatic carbocycles. The standard InChI is InChI=1S/C5H7NO2.C5H11N/c1-6-4(7)2-3-5(6)8;1-6-4-2-3-5-6/h2-3H2,1H3;2-5H2,1H3. The van der Waals surface area contributed by atoms with Gasteiger partial charge in [0.1, 0.15) is 0 Å². The van der Waals surface area contributed by atoms with Gasteiger partial charge in [0.05, 0.1) is 0 Å². The Balaban J connectivity index is 0.000000146. The van der Waals surface area contributed by atoms with E-state index in [9.17, 15) is 9.59 Å². The molecule has 0 aromatic rings. The highest BCUT2D eigenvalue weighted by atomic mass is 16.2. The van der Waals surface area contributed by atoms with Crippen molar-refractivity contribution >= 4 is 11.8 Å². The second kappa shape index (κ2) is 5.10. The summed E-state index contributed by atoms with van der Waals surface area (Å²) in [7, 11) is 3.69. The van der Waals surface area contributed by atoms with Gasteiger partial charge in [-0.3, -0.25) is 14.5 Å². The number of hydrogen-bond acceptors (Lipinski definition) is 3. The monoisotopic (exact) mass is 198 g/mol. The Hall–Kier alpha value is -0.900. The lowest BCUT2D eigenvalue weighted by molar-refractivity contribution is -0.136. The van der Waals surface area contributed by atoms with E-state index in [4.69, 9.17) is 0 Å². The van der Waals surface area contributed by atoms with E-state index in [0.717, 1.165) is 0 Å². The van der Waals surface area contributed by atoms with Gasteiger partial charge in [-0.05, 0) is 33.0 Å². The highest BCUT2D eigenvalue weighted by Crippen LogP contribution is 2.07. The maximum Gasteiger partial charge on any atom is 0.229 e. The Morgan fingerprint density at radius 2 is 1.36 bits per heavy atom. The van der Waals surface area contributed by atoms with Crippen LogP contribution in [0.1, 0.15) is 25.7 Å². The number of carbonyl (C=O) groups excluding carboxylic acids is 2. The molecule has 4 nitrogen and oxygen atoms in total. The summed E-state index contributed by atoms with van der Waals surface area (Å²) in [5.41, 5.74) is 0. The van der Waals surface area contributed by atoms with Crippen LogP contribution in [0.3, 0.4) is 0 Å². The highest BCUT2D eigenvalue weighted by molar-refractivity contribution is 6.01. The number of nitrogens with zero attached hydrogens (tertiary/aromatic N) is 2. The molecule has 0 bridgehead atoms. The predicted octanol–water partition coefficient (Wildman–Crippen LogP) is 0.477. The van der Waals surface area contributed by atoms with Crippen molar-refractivity contribution in [3.8, 4) is 0 Å². The molecule has 2 saturated heterocycles. The molecule has 0 unspecified atom stereocenters. The largest absolute Gasteiger partial charge is 0.306 e. The molecule has 0 spiro atoms. The van der Waals surface area contributed by atoms with Crippen LogP contribution in [0.5, 0.6) is 0 Å². The predicted molar refractivity (Wildman–Crippen MR) is 53.7 cm³/mol. The Labute approximate surface area is 84.9 Å².